The first-order valence-corrected chi connectivity index (χ1v) is 12.4. The fourth-order valence-corrected chi connectivity index (χ4v) is 4.62. The summed E-state index contributed by atoms with van der Waals surface area (Å²) in [6, 6.07) is 5.13. The van der Waals surface area contributed by atoms with E-state index in [9.17, 15) is 23.2 Å². The largest absolute Gasteiger partial charge is 0.486 e. The summed E-state index contributed by atoms with van der Waals surface area (Å²) in [4.78, 5) is 47.5. The van der Waals surface area contributed by atoms with E-state index in [0.717, 1.165) is 0 Å². The molecule has 0 bridgehead atoms. The van der Waals surface area contributed by atoms with Crippen molar-refractivity contribution in [1.82, 2.24) is 20.2 Å². The molecule has 0 radical (unpaired) electrons. The maximum Gasteiger partial charge on any atom is 0.252 e. The number of hydrogen-bond acceptors (Lipinski definition) is 8. The number of Topliss-reactive ketones (excluding diaryl/α,β-unsaturated/α-hetero) is 1. The highest BCUT2D eigenvalue weighted by Crippen LogP contribution is 2.37. The number of nitrogens with one attached hydrogen (secondary N) is 3. The standard InChI is InChI=1S/C26H30F2N6O4/c1-15-8-21(25(37)33-17-10-26(27,28)11-17)34(13-15)23(36)12-32-20-5-4-18(9-19(20)24(29)16(2)35)38-14-22-30-6-3-7-31-22/h3-7,9,15,17,21,29,32H,8,10-14H2,1-2H3,(H,33,37)/t15-,21+/m1/s1. The van der Waals surface area contributed by atoms with Crippen LogP contribution in [0.4, 0.5) is 14.5 Å². The Morgan fingerprint density at radius 3 is 2.58 bits per heavy atom. The highest BCUT2D eigenvalue weighted by molar-refractivity contribution is 6.45. The number of halogens is 2. The number of benzene rings is 1. The van der Waals surface area contributed by atoms with Gasteiger partial charge in [-0.25, -0.2) is 18.7 Å². The van der Waals surface area contributed by atoms with Gasteiger partial charge in [0, 0.05) is 56.0 Å². The molecular formula is C26H30F2N6O4. The number of amides is 2. The van der Waals surface area contributed by atoms with Gasteiger partial charge in [-0.15, -0.1) is 0 Å². The molecule has 2 aromatic rings. The van der Waals surface area contributed by atoms with E-state index in [-0.39, 0.29) is 49.1 Å². The molecule has 3 N–H and O–H groups in total. The summed E-state index contributed by atoms with van der Waals surface area (Å²) >= 11 is 0. The number of carbonyl (C=O) groups excluding carboxylic acids is 3. The Morgan fingerprint density at radius 1 is 1.21 bits per heavy atom. The van der Waals surface area contributed by atoms with Gasteiger partial charge < -0.3 is 20.3 Å². The van der Waals surface area contributed by atoms with Gasteiger partial charge in [0.1, 0.15) is 24.1 Å². The molecule has 2 atom stereocenters. The Bertz CT molecular complexity index is 1220. The number of ketones is 1. The molecule has 38 heavy (non-hydrogen) atoms. The molecule has 2 amide bonds. The minimum absolute atomic E-state index is 0.0732. The predicted molar refractivity (Wildman–Crippen MR) is 134 cm³/mol. The number of rotatable bonds is 10. The molecule has 2 aliphatic rings. The van der Waals surface area contributed by atoms with E-state index in [1.807, 2.05) is 6.92 Å². The van der Waals surface area contributed by atoms with E-state index >= 15 is 0 Å². The third-order valence-corrected chi connectivity index (χ3v) is 6.60. The number of carbonyl (C=O) groups is 3. The Morgan fingerprint density at radius 2 is 1.92 bits per heavy atom. The second kappa shape index (κ2) is 11.2. The van der Waals surface area contributed by atoms with Crippen LogP contribution in [0.5, 0.6) is 5.75 Å². The lowest BCUT2D eigenvalue weighted by molar-refractivity contribution is -0.140. The molecule has 10 nitrogen and oxygen atoms in total. The van der Waals surface area contributed by atoms with Gasteiger partial charge in [0.25, 0.3) is 5.92 Å². The van der Waals surface area contributed by atoms with Crippen molar-refractivity contribution in [1.29, 1.82) is 5.41 Å². The summed E-state index contributed by atoms with van der Waals surface area (Å²) < 4.78 is 32.0. The maximum atomic E-state index is 13.2. The monoisotopic (exact) mass is 528 g/mol. The summed E-state index contributed by atoms with van der Waals surface area (Å²) in [5.74, 6) is -3.06. The van der Waals surface area contributed by atoms with Crippen LogP contribution in [-0.2, 0) is 21.0 Å². The molecule has 1 aliphatic heterocycles. The first-order chi connectivity index (χ1) is 18.0. The molecule has 0 unspecified atom stereocenters. The quantitative estimate of drug-likeness (QED) is 0.403. The minimum atomic E-state index is -2.75. The molecule has 1 aliphatic carbocycles. The molecule has 2 heterocycles. The van der Waals surface area contributed by atoms with Crippen molar-refractivity contribution in [2.45, 2.75) is 57.7 Å². The molecule has 1 aromatic carbocycles. The Kier molecular flexibility index (Phi) is 7.98. The Hall–Kier alpha value is -3.96. The van der Waals surface area contributed by atoms with Crippen LogP contribution >= 0.6 is 0 Å². The Balaban J connectivity index is 1.41. The average molecular weight is 529 g/mol. The zero-order valence-electron chi connectivity index (χ0n) is 21.2. The smallest absolute Gasteiger partial charge is 0.252 e. The van der Waals surface area contributed by atoms with Crippen LogP contribution in [-0.4, -0.2) is 69.3 Å². The summed E-state index contributed by atoms with van der Waals surface area (Å²) in [5.41, 5.74) is 0.379. The topological polar surface area (TPSA) is 137 Å². The van der Waals surface area contributed by atoms with Gasteiger partial charge >= 0.3 is 0 Å². The van der Waals surface area contributed by atoms with Crippen LogP contribution in [0.15, 0.2) is 36.7 Å². The predicted octanol–water partition coefficient (Wildman–Crippen LogP) is 2.58. The van der Waals surface area contributed by atoms with E-state index in [0.29, 0.717) is 30.2 Å². The van der Waals surface area contributed by atoms with Crippen molar-refractivity contribution in [3.63, 3.8) is 0 Å². The van der Waals surface area contributed by atoms with Crippen LogP contribution in [0.25, 0.3) is 0 Å². The van der Waals surface area contributed by atoms with Crippen molar-refractivity contribution in [2.75, 3.05) is 18.4 Å². The highest BCUT2D eigenvalue weighted by Gasteiger charge is 2.47. The van der Waals surface area contributed by atoms with Gasteiger partial charge in [-0.2, -0.15) is 0 Å². The fraction of sp³-hybridized carbons (Fsp3) is 0.462. The van der Waals surface area contributed by atoms with E-state index in [1.165, 1.54) is 17.9 Å². The zero-order valence-corrected chi connectivity index (χ0v) is 21.2. The van der Waals surface area contributed by atoms with Crippen molar-refractivity contribution in [2.24, 2.45) is 5.92 Å². The molecular weight excluding hydrogens is 498 g/mol. The van der Waals surface area contributed by atoms with Gasteiger partial charge in [0.05, 0.1) is 6.54 Å². The van der Waals surface area contributed by atoms with Crippen molar-refractivity contribution < 1.29 is 27.9 Å². The molecule has 1 saturated heterocycles. The third-order valence-electron chi connectivity index (χ3n) is 6.60. The number of anilines is 1. The Labute approximate surface area is 218 Å². The average Bonchev–Trinajstić information content (AvgIpc) is 3.27. The van der Waals surface area contributed by atoms with Crippen molar-refractivity contribution in [3.8, 4) is 5.75 Å². The van der Waals surface area contributed by atoms with E-state index in [2.05, 4.69) is 20.6 Å². The molecule has 12 heteroatoms. The number of nitrogens with zero attached hydrogens (tertiary/aromatic N) is 3. The number of hydrogen-bond donors (Lipinski definition) is 3. The number of ether oxygens (including phenoxy) is 1. The molecule has 4 rings (SSSR count). The van der Waals surface area contributed by atoms with Crippen molar-refractivity contribution in [3.05, 3.63) is 48.0 Å². The molecule has 1 aromatic heterocycles. The maximum absolute atomic E-state index is 13.2. The number of aromatic nitrogens is 2. The SMILES string of the molecule is CC(=O)C(=N)c1cc(OCc2ncccn2)ccc1NCC(=O)N1C[C@H](C)C[C@H]1C(=O)NC1CC(F)(F)C1. The normalized spacial score (nSPS) is 20.4. The van der Waals surface area contributed by atoms with Gasteiger partial charge in [-0.1, -0.05) is 6.92 Å². The number of likely N-dealkylation sites (tertiary alicyclic amines) is 1. The van der Waals surface area contributed by atoms with Crippen LogP contribution in [0.2, 0.25) is 0 Å². The van der Waals surface area contributed by atoms with Gasteiger partial charge in [0.2, 0.25) is 11.8 Å². The number of alkyl halides is 2. The lowest BCUT2D eigenvalue weighted by Gasteiger charge is -2.36. The lowest BCUT2D eigenvalue weighted by Crippen LogP contribution is -2.55. The van der Waals surface area contributed by atoms with Gasteiger partial charge in [-0.05, 0) is 36.6 Å². The van der Waals surface area contributed by atoms with Crippen LogP contribution in [0, 0.1) is 11.3 Å². The zero-order chi connectivity index (χ0) is 27.4. The first-order valence-electron chi connectivity index (χ1n) is 12.4. The summed E-state index contributed by atoms with van der Waals surface area (Å²) in [7, 11) is 0. The van der Waals surface area contributed by atoms with E-state index in [4.69, 9.17) is 10.1 Å². The summed E-state index contributed by atoms with van der Waals surface area (Å²) in [6.07, 6.45) is 2.85. The van der Waals surface area contributed by atoms with Gasteiger partial charge in [0.15, 0.2) is 11.6 Å². The van der Waals surface area contributed by atoms with Crippen molar-refractivity contribution >= 4 is 29.0 Å². The molecule has 0 spiro atoms. The summed E-state index contributed by atoms with van der Waals surface area (Å²) in [5, 5.41) is 13.8. The van der Waals surface area contributed by atoms with E-state index in [1.54, 1.807) is 30.6 Å². The fourth-order valence-electron chi connectivity index (χ4n) is 4.62. The van der Waals surface area contributed by atoms with Crippen LogP contribution in [0.3, 0.4) is 0 Å². The highest BCUT2D eigenvalue weighted by atomic mass is 19.3. The van der Waals surface area contributed by atoms with Crippen LogP contribution in [0.1, 0.15) is 44.5 Å². The van der Waals surface area contributed by atoms with E-state index < -0.39 is 29.7 Å². The minimum Gasteiger partial charge on any atom is -0.486 e. The first kappa shape index (κ1) is 27.1. The lowest BCUT2D eigenvalue weighted by atomic mass is 9.88. The van der Waals surface area contributed by atoms with Gasteiger partial charge in [-0.3, -0.25) is 19.8 Å². The molecule has 202 valence electrons. The van der Waals surface area contributed by atoms with Crippen LogP contribution < -0.4 is 15.4 Å². The summed E-state index contributed by atoms with van der Waals surface area (Å²) in [6.45, 7) is 3.46. The molecule has 2 fully saturated rings. The second-order valence-corrected chi connectivity index (χ2v) is 9.82. The third kappa shape index (κ3) is 6.48. The second-order valence-electron chi connectivity index (χ2n) is 9.82. The molecule has 1 saturated carbocycles.